The number of benzene rings is 1. The van der Waals surface area contributed by atoms with Crippen LogP contribution in [0.25, 0.3) is 0 Å². The zero-order chi connectivity index (χ0) is 13.1. The van der Waals surface area contributed by atoms with E-state index in [-0.39, 0.29) is 0 Å². The summed E-state index contributed by atoms with van der Waals surface area (Å²) in [4.78, 5) is 11.5. The van der Waals surface area contributed by atoms with Gasteiger partial charge < -0.3 is 9.47 Å². The second-order valence-corrected chi connectivity index (χ2v) is 4.68. The average molecular weight is 287 g/mol. The van der Waals surface area contributed by atoms with Crippen LogP contribution in [0.3, 0.4) is 0 Å². The molecule has 1 unspecified atom stereocenters. The van der Waals surface area contributed by atoms with Gasteiger partial charge in [0.25, 0.3) is 0 Å². The highest BCUT2D eigenvalue weighted by atomic mass is 35.5. The summed E-state index contributed by atoms with van der Waals surface area (Å²) in [5, 5.41) is 1.03. The van der Waals surface area contributed by atoms with Gasteiger partial charge in [0.2, 0.25) is 0 Å². The summed E-state index contributed by atoms with van der Waals surface area (Å²) < 4.78 is 10.6. The fourth-order valence-electron chi connectivity index (χ4n) is 1.81. The zero-order valence-electron chi connectivity index (χ0n) is 9.78. The molecule has 96 valence electrons. The van der Waals surface area contributed by atoms with E-state index in [0.29, 0.717) is 28.8 Å². The predicted molar refractivity (Wildman–Crippen MR) is 69.6 cm³/mol. The van der Waals surface area contributed by atoms with E-state index in [4.69, 9.17) is 32.7 Å². The molecule has 0 saturated heterocycles. The van der Waals surface area contributed by atoms with E-state index in [1.807, 2.05) is 6.92 Å². The maximum Gasteiger partial charge on any atom is 0.334 e. The lowest BCUT2D eigenvalue weighted by Crippen LogP contribution is -2.17. The van der Waals surface area contributed by atoms with Gasteiger partial charge in [-0.2, -0.15) is 0 Å². The van der Waals surface area contributed by atoms with Gasteiger partial charge in [-0.1, -0.05) is 29.3 Å². The number of rotatable bonds is 3. The minimum atomic E-state index is -0.422. The monoisotopic (exact) mass is 286 g/mol. The van der Waals surface area contributed by atoms with Crippen LogP contribution < -0.4 is 0 Å². The Balaban J connectivity index is 2.24. The normalized spacial score (nSPS) is 19.2. The molecule has 1 aromatic rings. The number of halogens is 2. The summed E-state index contributed by atoms with van der Waals surface area (Å²) in [6, 6.07) is 5.11. The molecule has 0 bridgehead atoms. The molecule has 18 heavy (non-hydrogen) atoms. The third-order valence-electron chi connectivity index (χ3n) is 2.56. The Kier molecular flexibility index (Phi) is 4.15. The average Bonchev–Trinajstić information content (AvgIpc) is 2.28. The lowest BCUT2D eigenvalue weighted by molar-refractivity contribution is -0.145. The second-order valence-electron chi connectivity index (χ2n) is 3.84. The Labute approximate surface area is 115 Å². The maximum atomic E-state index is 11.5. The van der Waals surface area contributed by atoms with Gasteiger partial charge in [-0.05, 0) is 19.1 Å². The topological polar surface area (TPSA) is 35.5 Å². The molecule has 0 fully saturated rings. The van der Waals surface area contributed by atoms with E-state index in [2.05, 4.69) is 0 Å². The third-order valence-corrected chi connectivity index (χ3v) is 3.13. The second kappa shape index (κ2) is 5.63. The van der Waals surface area contributed by atoms with E-state index in [1.165, 1.54) is 6.08 Å². The third kappa shape index (κ3) is 2.98. The smallest absolute Gasteiger partial charge is 0.334 e. The van der Waals surface area contributed by atoms with Gasteiger partial charge in [0, 0.05) is 22.0 Å². The fourth-order valence-corrected chi connectivity index (χ4v) is 2.34. The van der Waals surface area contributed by atoms with Crippen molar-refractivity contribution in [3.8, 4) is 0 Å². The lowest BCUT2D eigenvalue weighted by Gasteiger charge is -2.24. The zero-order valence-corrected chi connectivity index (χ0v) is 11.3. The number of hydrogen-bond donors (Lipinski definition) is 0. The van der Waals surface area contributed by atoms with Crippen LogP contribution >= 0.6 is 23.2 Å². The van der Waals surface area contributed by atoms with Crippen molar-refractivity contribution in [1.29, 1.82) is 0 Å². The molecule has 1 atom stereocenters. The molecule has 0 radical (unpaired) electrons. The molecular formula is C13H12Cl2O3. The van der Waals surface area contributed by atoms with E-state index in [1.54, 1.807) is 18.2 Å². The summed E-state index contributed by atoms with van der Waals surface area (Å²) in [6.45, 7) is 2.38. The molecule has 3 nitrogen and oxygen atoms in total. The van der Waals surface area contributed by atoms with Crippen LogP contribution in [0.1, 0.15) is 25.0 Å². The fraction of sp³-hybridized carbons (Fsp3) is 0.308. The molecule has 0 aromatic heterocycles. The van der Waals surface area contributed by atoms with Crippen LogP contribution in [0, 0.1) is 0 Å². The van der Waals surface area contributed by atoms with Crippen LogP contribution in [0.15, 0.2) is 30.0 Å². The SMILES string of the molecule is CCOC1=CC(=O)OC(c2ccc(Cl)cc2Cl)C1. The van der Waals surface area contributed by atoms with Crippen molar-refractivity contribution in [1.82, 2.24) is 0 Å². The number of carbonyl (C=O) groups excluding carboxylic acids is 1. The van der Waals surface area contributed by atoms with E-state index >= 15 is 0 Å². The lowest BCUT2D eigenvalue weighted by atomic mass is 10.0. The summed E-state index contributed by atoms with van der Waals surface area (Å²) in [6.07, 6.45) is 1.43. The van der Waals surface area contributed by atoms with Crippen molar-refractivity contribution in [2.75, 3.05) is 6.61 Å². The van der Waals surface area contributed by atoms with Gasteiger partial charge in [-0.3, -0.25) is 0 Å². The van der Waals surface area contributed by atoms with Gasteiger partial charge in [-0.15, -0.1) is 0 Å². The maximum absolute atomic E-state index is 11.5. The molecule has 1 heterocycles. The molecule has 5 heteroatoms. The first kappa shape index (κ1) is 13.2. The Morgan fingerprint density at radius 3 is 2.89 bits per heavy atom. The number of esters is 1. The van der Waals surface area contributed by atoms with Gasteiger partial charge in [-0.25, -0.2) is 4.79 Å². The van der Waals surface area contributed by atoms with E-state index < -0.39 is 12.1 Å². The molecule has 1 aromatic carbocycles. The number of carbonyl (C=O) groups is 1. The summed E-state index contributed by atoms with van der Waals surface area (Å²) >= 11 is 11.9. The molecule has 0 N–H and O–H groups in total. The molecule has 0 saturated carbocycles. The first-order chi connectivity index (χ1) is 8.60. The number of cyclic esters (lactones) is 1. The summed E-state index contributed by atoms with van der Waals surface area (Å²) in [7, 11) is 0. The van der Waals surface area contributed by atoms with Gasteiger partial charge in [0.1, 0.15) is 11.9 Å². The Morgan fingerprint density at radius 2 is 2.22 bits per heavy atom. The van der Waals surface area contributed by atoms with Crippen LogP contribution in [0.5, 0.6) is 0 Å². The minimum Gasteiger partial charge on any atom is -0.498 e. The van der Waals surface area contributed by atoms with E-state index in [9.17, 15) is 4.79 Å². The van der Waals surface area contributed by atoms with Gasteiger partial charge in [0.05, 0.1) is 12.7 Å². The highest BCUT2D eigenvalue weighted by Gasteiger charge is 2.25. The number of hydrogen-bond acceptors (Lipinski definition) is 3. The standard InChI is InChI=1S/C13H12Cl2O3/c1-2-17-9-6-12(18-13(16)7-9)10-4-3-8(14)5-11(10)15/h3-5,7,12H,2,6H2,1H3. The van der Waals surface area contributed by atoms with Gasteiger partial charge >= 0.3 is 5.97 Å². The first-order valence-corrected chi connectivity index (χ1v) is 6.34. The van der Waals surface area contributed by atoms with Crippen molar-refractivity contribution < 1.29 is 14.3 Å². The Hall–Kier alpha value is -1.19. The van der Waals surface area contributed by atoms with Crippen LogP contribution in [-0.2, 0) is 14.3 Å². The largest absolute Gasteiger partial charge is 0.498 e. The van der Waals surface area contributed by atoms with Crippen molar-refractivity contribution in [2.24, 2.45) is 0 Å². The molecule has 2 rings (SSSR count). The van der Waals surface area contributed by atoms with Crippen molar-refractivity contribution in [3.63, 3.8) is 0 Å². The Morgan fingerprint density at radius 1 is 1.44 bits per heavy atom. The highest BCUT2D eigenvalue weighted by Crippen LogP contribution is 2.34. The summed E-state index contributed by atoms with van der Waals surface area (Å²) in [5.74, 6) is 0.200. The van der Waals surface area contributed by atoms with Crippen LogP contribution in [0.4, 0.5) is 0 Å². The first-order valence-electron chi connectivity index (χ1n) is 5.59. The van der Waals surface area contributed by atoms with Gasteiger partial charge in [0.15, 0.2) is 0 Å². The molecular weight excluding hydrogens is 275 g/mol. The van der Waals surface area contributed by atoms with Crippen LogP contribution in [0.2, 0.25) is 10.0 Å². The van der Waals surface area contributed by atoms with Crippen molar-refractivity contribution in [2.45, 2.75) is 19.4 Å². The van der Waals surface area contributed by atoms with Crippen molar-refractivity contribution >= 4 is 29.2 Å². The molecule has 0 aliphatic carbocycles. The quantitative estimate of drug-likeness (QED) is 0.791. The van der Waals surface area contributed by atoms with Crippen LogP contribution in [-0.4, -0.2) is 12.6 Å². The number of ether oxygens (including phenoxy) is 2. The van der Waals surface area contributed by atoms with E-state index in [0.717, 1.165) is 5.56 Å². The molecule has 0 spiro atoms. The predicted octanol–water partition coefficient (Wildman–Crippen LogP) is 3.90. The Bertz CT molecular complexity index is 497. The molecule has 1 aliphatic heterocycles. The molecule has 1 aliphatic rings. The van der Waals surface area contributed by atoms with Crippen molar-refractivity contribution in [3.05, 3.63) is 45.6 Å². The minimum absolute atomic E-state index is 0.416. The summed E-state index contributed by atoms with van der Waals surface area (Å²) in [5.41, 5.74) is 0.736. The molecule has 0 amide bonds. The highest BCUT2D eigenvalue weighted by molar-refractivity contribution is 6.35.